The Morgan fingerprint density at radius 3 is 2.46 bits per heavy atom. The molecule has 0 aromatic heterocycles. The summed E-state index contributed by atoms with van der Waals surface area (Å²) in [5.41, 5.74) is 2.34. The first-order chi connectivity index (χ1) is 13.7. The van der Waals surface area contributed by atoms with E-state index in [0.29, 0.717) is 44.2 Å². The van der Waals surface area contributed by atoms with Crippen molar-refractivity contribution < 1.29 is 19.1 Å². The molecule has 0 radical (unpaired) electrons. The number of anilines is 1. The summed E-state index contributed by atoms with van der Waals surface area (Å²) in [6.45, 7) is 2.57. The Labute approximate surface area is 164 Å². The molecule has 7 nitrogen and oxygen atoms in total. The molecule has 1 saturated heterocycles. The second-order valence-electron chi connectivity index (χ2n) is 6.47. The maximum absolute atomic E-state index is 12.2. The summed E-state index contributed by atoms with van der Waals surface area (Å²) >= 11 is 0. The molecule has 1 fully saturated rings. The van der Waals surface area contributed by atoms with Gasteiger partial charge in [-0.25, -0.2) is 4.79 Å². The lowest BCUT2D eigenvalue weighted by Gasteiger charge is -2.23. The first kappa shape index (κ1) is 19.9. The van der Waals surface area contributed by atoms with Crippen molar-refractivity contribution in [2.24, 2.45) is 0 Å². The average molecular weight is 383 g/mol. The summed E-state index contributed by atoms with van der Waals surface area (Å²) in [6.07, 6.45) is 0.656. The maximum atomic E-state index is 12.2. The van der Waals surface area contributed by atoms with Crippen LogP contribution in [0.15, 0.2) is 54.6 Å². The zero-order valence-electron chi connectivity index (χ0n) is 15.6. The molecule has 0 saturated carbocycles. The van der Waals surface area contributed by atoms with Gasteiger partial charge in [0.1, 0.15) is 0 Å². The van der Waals surface area contributed by atoms with Crippen molar-refractivity contribution in [2.75, 3.05) is 38.2 Å². The Balaban J connectivity index is 1.39. The predicted molar refractivity (Wildman–Crippen MR) is 107 cm³/mol. The van der Waals surface area contributed by atoms with Gasteiger partial charge in [0.05, 0.1) is 25.9 Å². The fraction of sp³-hybridized carbons (Fsp3) is 0.333. The molecule has 28 heavy (non-hydrogen) atoms. The molecule has 3 rings (SSSR count). The van der Waals surface area contributed by atoms with E-state index in [-0.39, 0.29) is 18.0 Å². The Kier molecular flexibility index (Phi) is 7.40. The number of hydrogen-bond acceptors (Lipinski definition) is 4. The highest BCUT2D eigenvalue weighted by Gasteiger charge is 2.15. The Bertz CT molecular complexity index is 759. The van der Waals surface area contributed by atoms with Gasteiger partial charge >= 0.3 is 6.03 Å². The highest BCUT2D eigenvalue weighted by molar-refractivity contribution is 5.95. The monoisotopic (exact) mass is 383 g/mol. The van der Waals surface area contributed by atoms with Crippen LogP contribution >= 0.6 is 0 Å². The molecule has 7 heteroatoms. The molecule has 2 aromatic carbocycles. The van der Waals surface area contributed by atoms with Crippen molar-refractivity contribution in [2.45, 2.75) is 12.5 Å². The van der Waals surface area contributed by atoms with E-state index in [1.807, 2.05) is 30.3 Å². The van der Waals surface area contributed by atoms with E-state index in [1.54, 1.807) is 24.3 Å². The summed E-state index contributed by atoms with van der Waals surface area (Å²) < 4.78 is 10.8. The van der Waals surface area contributed by atoms with E-state index in [4.69, 9.17) is 9.47 Å². The van der Waals surface area contributed by atoms with Gasteiger partial charge in [0.15, 0.2) is 0 Å². The van der Waals surface area contributed by atoms with Crippen LogP contribution in [0.2, 0.25) is 0 Å². The molecule has 3 amide bonds. The molecule has 1 aliphatic heterocycles. The first-order valence-corrected chi connectivity index (χ1v) is 9.37. The van der Waals surface area contributed by atoms with E-state index < -0.39 is 0 Å². The van der Waals surface area contributed by atoms with E-state index in [9.17, 15) is 9.59 Å². The Morgan fingerprint density at radius 1 is 0.964 bits per heavy atom. The Hall–Kier alpha value is -2.90. The number of amides is 3. The number of benzene rings is 2. The SMILES string of the molecule is O=C(NC[C@H]1COCCO1)Nc1ccc(C(=O)NCCc2ccccc2)cc1. The van der Waals surface area contributed by atoms with Gasteiger partial charge in [-0.15, -0.1) is 0 Å². The lowest BCUT2D eigenvalue weighted by atomic mass is 10.1. The van der Waals surface area contributed by atoms with E-state index in [2.05, 4.69) is 16.0 Å². The molecule has 148 valence electrons. The van der Waals surface area contributed by atoms with Crippen LogP contribution in [-0.4, -0.2) is 51.0 Å². The number of carbonyl (C=O) groups is 2. The topological polar surface area (TPSA) is 88.7 Å². The van der Waals surface area contributed by atoms with E-state index in [0.717, 1.165) is 6.42 Å². The number of nitrogens with one attached hydrogen (secondary N) is 3. The largest absolute Gasteiger partial charge is 0.376 e. The smallest absolute Gasteiger partial charge is 0.319 e. The molecule has 0 spiro atoms. The van der Waals surface area contributed by atoms with Crippen molar-refractivity contribution in [3.05, 3.63) is 65.7 Å². The lowest BCUT2D eigenvalue weighted by molar-refractivity contribution is -0.0852. The van der Waals surface area contributed by atoms with Gasteiger partial charge in [0, 0.05) is 24.3 Å². The second-order valence-corrected chi connectivity index (χ2v) is 6.47. The van der Waals surface area contributed by atoms with Gasteiger partial charge in [0.2, 0.25) is 0 Å². The summed E-state index contributed by atoms with van der Waals surface area (Å²) in [6, 6.07) is 16.4. The van der Waals surface area contributed by atoms with Crippen LogP contribution in [0.1, 0.15) is 15.9 Å². The molecule has 0 unspecified atom stereocenters. The quantitative estimate of drug-likeness (QED) is 0.684. The second kappa shape index (κ2) is 10.4. The summed E-state index contributed by atoms with van der Waals surface area (Å²) in [7, 11) is 0. The van der Waals surface area contributed by atoms with Crippen molar-refractivity contribution in [3.8, 4) is 0 Å². The minimum Gasteiger partial charge on any atom is -0.376 e. The van der Waals surface area contributed by atoms with E-state index >= 15 is 0 Å². The molecule has 0 aliphatic carbocycles. The molecule has 1 atom stereocenters. The van der Waals surface area contributed by atoms with Crippen LogP contribution in [0, 0.1) is 0 Å². The van der Waals surface area contributed by atoms with Crippen molar-refractivity contribution >= 4 is 17.6 Å². The third-order valence-corrected chi connectivity index (χ3v) is 4.32. The van der Waals surface area contributed by atoms with Crippen LogP contribution in [-0.2, 0) is 15.9 Å². The maximum Gasteiger partial charge on any atom is 0.319 e. The van der Waals surface area contributed by atoms with Gasteiger partial charge in [-0.2, -0.15) is 0 Å². The van der Waals surface area contributed by atoms with Crippen molar-refractivity contribution in [3.63, 3.8) is 0 Å². The number of ether oxygens (including phenoxy) is 2. The predicted octanol–water partition coefficient (Wildman–Crippen LogP) is 2.20. The molecular formula is C21H25N3O4. The van der Waals surface area contributed by atoms with Crippen LogP contribution in [0.25, 0.3) is 0 Å². The van der Waals surface area contributed by atoms with Crippen LogP contribution in [0.4, 0.5) is 10.5 Å². The lowest BCUT2D eigenvalue weighted by Crippen LogP contribution is -2.41. The highest BCUT2D eigenvalue weighted by atomic mass is 16.6. The van der Waals surface area contributed by atoms with Crippen LogP contribution in [0.5, 0.6) is 0 Å². The number of carbonyl (C=O) groups excluding carboxylic acids is 2. The van der Waals surface area contributed by atoms with Gasteiger partial charge in [-0.1, -0.05) is 30.3 Å². The van der Waals surface area contributed by atoms with Gasteiger partial charge in [-0.05, 0) is 36.2 Å². The molecule has 1 heterocycles. The molecule has 2 aromatic rings. The van der Waals surface area contributed by atoms with E-state index in [1.165, 1.54) is 5.56 Å². The van der Waals surface area contributed by atoms with Crippen LogP contribution in [0.3, 0.4) is 0 Å². The third-order valence-electron chi connectivity index (χ3n) is 4.32. The molecule has 1 aliphatic rings. The highest BCUT2D eigenvalue weighted by Crippen LogP contribution is 2.10. The average Bonchev–Trinajstić information content (AvgIpc) is 2.74. The zero-order chi connectivity index (χ0) is 19.6. The van der Waals surface area contributed by atoms with Gasteiger partial charge < -0.3 is 25.4 Å². The first-order valence-electron chi connectivity index (χ1n) is 9.37. The number of rotatable bonds is 7. The molecule has 0 bridgehead atoms. The van der Waals surface area contributed by atoms with Gasteiger partial charge in [0.25, 0.3) is 5.91 Å². The van der Waals surface area contributed by atoms with Crippen LogP contribution < -0.4 is 16.0 Å². The summed E-state index contributed by atoms with van der Waals surface area (Å²) in [5.74, 6) is -0.138. The normalized spacial score (nSPS) is 16.2. The summed E-state index contributed by atoms with van der Waals surface area (Å²) in [4.78, 5) is 24.2. The third kappa shape index (κ3) is 6.37. The van der Waals surface area contributed by atoms with Crippen molar-refractivity contribution in [1.29, 1.82) is 0 Å². The number of hydrogen-bond donors (Lipinski definition) is 3. The molecular weight excluding hydrogens is 358 g/mol. The molecule has 3 N–H and O–H groups in total. The standard InChI is InChI=1S/C21H25N3O4/c25-20(22-11-10-16-4-2-1-3-5-16)17-6-8-18(9-7-17)24-21(26)23-14-19-15-27-12-13-28-19/h1-9,19H,10-15H2,(H,22,25)(H2,23,24,26)/t19-/m0/s1. The fourth-order valence-corrected chi connectivity index (χ4v) is 2.81. The summed E-state index contributed by atoms with van der Waals surface area (Å²) in [5, 5.41) is 8.38. The zero-order valence-corrected chi connectivity index (χ0v) is 15.6. The Morgan fingerprint density at radius 2 is 1.75 bits per heavy atom. The van der Waals surface area contributed by atoms with Gasteiger partial charge in [-0.3, -0.25) is 4.79 Å². The minimum atomic E-state index is -0.325. The minimum absolute atomic E-state index is 0.124. The number of urea groups is 1. The fourth-order valence-electron chi connectivity index (χ4n) is 2.81. The van der Waals surface area contributed by atoms with Crippen molar-refractivity contribution in [1.82, 2.24) is 10.6 Å².